The van der Waals surface area contributed by atoms with Gasteiger partial charge in [0, 0.05) is 28.5 Å². The van der Waals surface area contributed by atoms with Crippen LogP contribution in [0.1, 0.15) is 11.3 Å². The molecular formula is C17H15BrN4O2S2. The van der Waals surface area contributed by atoms with E-state index in [0.29, 0.717) is 10.9 Å². The van der Waals surface area contributed by atoms with Crippen LogP contribution in [0.2, 0.25) is 0 Å². The van der Waals surface area contributed by atoms with Gasteiger partial charge in [-0.15, -0.1) is 11.3 Å². The summed E-state index contributed by atoms with van der Waals surface area (Å²) in [6.07, 6.45) is 1.68. The van der Waals surface area contributed by atoms with E-state index in [1.165, 1.54) is 28.1 Å². The van der Waals surface area contributed by atoms with Gasteiger partial charge in [-0.2, -0.15) is 10.1 Å². The maximum Gasteiger partial charge on any atom is 0.263 e. The number of amidine groups is 1. The number of nitrogens with zero attached hydrogens (tertiary/aromatic N) is 3. The molecule has 1 aromatic heterocycles. The number of thiophene rings is 1. The van der Waals surface area contributed by atoms with E-state index in [1.807, 2.05) is 29.6 Å². The third-order valence-corrected chi connectivity index (χ3v) is 6.00. The third kappa shape index (κ3) is 4.60. The Bertz CT molecular complexity index is 850. The number of anilines is 1. The van der Waals surface area contributed by atoms with Gasteiger partial charge in [-0.1, -0.05) is 33.8 Å². The first-order chi connectivity index (χ1) is 12.6. The molecule has 1 aromatic carbocycles. The van der Waals surface area contributed by atoms with Crippen LogP contribution >= 0.6 is 39.0 Å². The van der Waals surface area contributed by atoms with Gasteiger partial charge in [0.05, 0.1) is 6.21 Å². The molecule has 0 bridgehead atoms. The molecule has 1 aliphatic heterocycles. The Morgan fingerprint density at radius 3 is 2.77 bits per heavy atom. The number of rotatable bonds is 5. The highest BCUT2D eigenvalue weighted by Crippen LogP contribution is 2.30. The van der Waals surface area contributed by atoms with E-state index >= 15 is 0 Å². The second kappa shape index (κ2) is 8.61. The molecule has 0 unspecified atom stereocenters. The number of hydrogen-bond acceptors (Lipinski definition) is 6. The number of nitrogens with one attached hydrogen (secondary N) is 1. The molecule has 9 heteroatoms. The molecule has 2 aromatic rings. The Morgan fingerprint density at radius 1 is 1.35 bits per heavy atom. The van der Waals surface area contributed by atoms with Crippen molar-refractivity contribution in [2.45, 2.75) is 11.7 Å². The Morgan fingerprint density at radius 2 is 2.12 bits per heavy atom. The van der Waals surface area contributed by atoms with Crippen molar-refractivity contribution >= 4 is 67.9 Å². The summed E-state index contributed by atoms with van der Waals surface area (Å²) in [6.45, 7) is 0. The molecule has 1 saturated heterocycles. The number of halogens is 1. The maximum absolute atomic E-state index is 12.6. The predicted octanol–water partition coefficient (Wildman–Crippen LogP) is 3.80. The van der Waals surface area contributed by atoms with Crippen molar-refractivity contribution in [3.8, 4) is 0 Å². The van der Waals surface area contributed by atoms with Crippen molar-refractivity contribution in [2.75, 3.05) is 12.4 Å². The molecule has 6 nitrogen and oxygen atoms in total. The molecule has 2 heterocycles. The summed E-state index contributed by atoms with van der Waals surface area (Å²) < 4.78 is 0.931. The average molecular weight is 451 g/mol. The molecular weight excluding hydrogens is 436 g/mol. The van der Waals surface area contributed by atoms with Gasteiger partial charge >= 0.3 is 0 Å². The first kappa shape index (κ1) is 18.8. The van der Waals surface area contributed by atoms with Gasteiger partial charge in [0.1, 0.15) is 5.25 Å². The molecule has 1 atom stereocenters. The van der Waals surface area contributed by atoms with Crippen LogP contribution in [0.4, 0.5) is 5.69 Å². The molecule has 3 rings (SSSR count). The van der Waals surface area contributed by atoms with Crippen LogP contribution in [-0.2, 0) is 9.59 Å². The molecule has 0 saturated carbocycles. The van der Waals surface area contributed by atoms with Gasteiger partial charge in [-0.05, 0) is 35.7 Å². The van der Waals surface area contributed by atoms with Crippen LogP contribution in [-0.4, -0.2) is 40.5 Å². The smallest absolute Gasteiger partial charge is 0.263 e. The lowest BCUT2D eigenvalue weighted by atomic mass is 10.2. The van der Waals surface area contributed by atoms with Gasteiger partial charge < -0.3 is 5.32 Å². The second-order valence-electron chi connectivity index (χ2n) is 5.28. The summed E-state index contributed by atoms with van der Waals surface area (Å²) in [5.41, 5.74) is 0.686. The van der Waals surface area contributed by atoms with Crippen molar-refractivity contribution in [3.63, 3.8) is 0 Å². The molecule has 2 amide bonds. The Balaban J connectivity index is 1.64. The number of benzene rings is 1. The molecule has 0 aliphatic carbocycles. The molecule has 0 spiro atoms. The average Bonchev–Trinajstić information content (AvgIpc) is 3.24. The molecule has 1 N–H and O–H groups in total. The molecule has 0 radical (unpaired) electrons. The molecule has 1 fully saturated rings. The number of carbonyl (C=O) groups is 2. The summed E-state index contributed by atoms with van der Waals surface area (Å²) in [5.74, 6) is -0.466. The number of hydrazone groups is 1. The Labute approximate surface area is 167 Å². The minimum atomic E-state index is -0.537. The van der Waals surface area contributed by atoms with E-state index in [1.54, 1.807) is 25.4 Å². The third-order valence-electron chi connectivity index (χ3n) is 3.45. The van der Waals surface area contributed by atoms with Crippen molar-refractivity contribution in [1.82, 2.24) is 5.01 Å². The molecule has 26 heavy (non-hydrogen) atoms. The minimum Gasteiger partial charge on any atom is -0.326 e. The number of hydrogen-bond donors (Lipinski definition) is 1. The fourth-order valence-electron chi connectivity index (χ4n) is 2.23. The summed E-state index contributed by atoms with van der Waals surface area (Å²) >= 11 is 6.13. The lowest BCUT2D eigenvalue weighted by Crippen LogP contribution is -2.29. The van der Waals surface area contributed by atoms with E-state index in [4.69, 9.17) is 0 Å². The monoisotopic (exact) mass is 450 g/mol. The summed E-state index contributed by atoms with van der Waals surface area (Å²) in [6, 6.07) is 11.1. The standard InChI is InChI=1S/C17H15BrN4O2S2/c1-19-17-22(20-10-13-3-2-8-25-13)16(24)14(26-17)9-15(23)21-12-6-4-11(18)5-7-12/h2-8,10,14H,9H2,1H3,(H,21,23)/b19-17?,20-10-/t14-/m1/s1. The molecule has 1 aliphatic rings. The maximum atomic E-state index is 12.6. The highest BCUT2D eigenvalue weighted by Gasteiger charge is 2.39. The topological polar surface area (TPSA) is 74.1 Å². The zero-order chi connectivity index (χ0) is 18.5. The highest BCUT2D eigenvalue weighted by atomic mass is 79.9. The number of amides is 2. The van der Waals surface area contributed by atoms with Crippen molar-refractivity contribution < 1.29 is 9.59 Å². The lowest BCUT2D eigenvalue weighted by molar-refractivity contribution is -0.128. The summed E-state index contributed by atoms with van der Waals surface area (Å²) in [7, 11) is 1.60. The highest BCUT2D eigenvalue weighted by molar-refractivity contribution is 9.10. The number of thioether (sulfide) groups is 1. The zero-order valence-corrected chi connectivity index (χ0v) is 17.0. The largest absolute Gasteiger partial charge is 0.326 e. The number of aliphatic imine (C=N–C) groups is 1. The Kier molecular flexibility index (Phi) is 6.23. The first-order valence-electron chi connectivity index (χ1n) is 7.67. The van der Waals surface area contributed by atoms with Gasteiger partial charge in [-0.25, -0.2) is 0 Å². The van der Waals surface area contributed by atoms with Crippen molar-refractivity contribution in [3.05, 3.63) is 51.1 Å². The van der Waals surface area contributed by atoms with Gasteiger partial charge in [0.2, 0.25) is 5.91 Å². The van der Waals surface area contributed by atoms with Crippen LogP contribution in [0.3, 0.4) is 0 Å². The summed E-state index contributed by atoms with van der Waals surface area (Å²) in [4.78, 5) is 29.9. The van der Waals surface area contributed by atoms with Gasteiger partial charge in [0.15, 0.2) is 5.17 Å². The fraction of sp³-hybridized carbons (Fsp3) is 0.176. The first-order valence-corrected chi connectivity index (χ1v) is 10.2. The van der Waals surface area contributed by atoms with Gasteiger partial charge in [0.25, 0.3) is 5.91 Å². The van der Waals surface area contributed by atoms with E-state index in [-0.39, 0.29) is 18.2 Å². The van der Waals surface area contributed by atoms with Crippen molar-refractivity contribution in [2.24, 2.45) is 10.1 Å². The predicted molar refractivity (Wildman–Crippen MR) is 111 cm³/mol. The SMILES string of the molecule is CN=C1S[C@H](CC(=O)Nc2ccc(Br)cc2)C(=O)N1/N=C\c1cccs1. The van der Waals surface area contributed by atoms with E-state index in [9.17, 15) is 9.59 Å². The minimum absolute atomic E-state index is 0.0591. The van der Waals surface area contributed by atoms with Crippen LogP contribution in [0.25, 0.3) is 0 Å². The normalized spacial score (nSPS) is 18.8. The zero-order valence-electron chi connectivity index (χ0n) is 13.8. The second-order valence-corrected chi connectivity index (χ2v) is 8.35. The van der Waals surface area contributed by atoms with Crippen LogP contribution < -0.4 is 5.32 Å². The van der Waals surface area contributed by atoms with E-state index in [2.05, 4.69) is 31.3 Å². The molecule has 134 valence electrons. The summed E-state index contributed by atoms with van der Waals surface area (Å²) in [5, 5.41) is 10.2. The van der Waals surface area contributed by atoms with E-state index < -0.39 is 5.25 Å². The fourth-order valence-corrected chi connectivity index (χ4v) is 4.11. The van der Waals surface area contributed by atoms with Crippen LogP contribution in [0.5, 0.6) is 0 Å². The lowest BCUT2D eigenvalue weighted by Gasteiger charge is -2.09. The Hall–Kier alpha value is -1.97. The van der Waals surface area contributed by atoms with Crippen LogP contribution in [0, 0.1) is 0 Å². The quantitative estimate of drug-likeness (QED) is 0.703. The van der Waals surface area contributed by atoms with E-state index in [0.717, 1.165) is 9.35 Å². The van der Waals surface area contributed by atoms with Crippen molar-refractivity contribution in [1.29, 1.82) is 0 Å². The van der Waals surface area contributed by atoms with Gasteiger partial charge in [-0.3, -0.25) is 14.6 Å². The number of carbonyl (C=O) groups excluding carboxylic acids is 2. The van der Waals surface area contributed by atoms with Crippen LogP contribution in [0.15, 0.2) is 56.3 Å².